The van der Waals surface area contributed by atoms with Crippen LogP contribution in [0.3, 0.4) is 0 Å². The Bertz CT molecular complexity index is 879. The number of likely N-dealkylation sites (N-methyl/N-ethyl adjacent to an activating group) is 1. The molecule has 0 bridgehead atoms. The zero-order chi connectivity index (χ0) is 19.2. The highest BCUT2D eigenvalue weighted by Gasteiger charge is 2.44. The van der Waals surface area contributed by atoms with Crippen LogP contribution in [0.2, 0.25) is 0 Å². The van der Waals surface area contributed by atoms with Crippen LogP contribution in [0.5, 0.6) is 23.0 Å². The van der Waals surface area contributed by atoms with E-state index in [4.69, 9.17) is 18.9 Å². The summed E-state index contributed by atoms with van der Waals surface area (Å²) in [5.41, 5.74) is 5.37. The second kappa shape index (κ2) is 6.64. The van der Waals surface area contributed by atoms with Gasteiger partial charge in [-0.15, -0.1) is 0 Å². The number of hydrogen-bond donors (Lipinski definition) is 0. The Morgan fingerprint density at radius 3 is 2.22 bits per heavy atom. The van der Waals surface area contributed by atoms with Gasteiger partial charge in [0.1, 0.15) is 12.6 Å². The predicted molar refractivity (Wildman–Crippen MR) is 104 cm³/mol. The summed E-state index contributed by atoms with van der Waals surface area (Å²) < 4.78 is 23.3. The van der Waals surface area contributed by atoms with Gasteiger partial charge in [0.15, 0.2) is 23.0 Å². The van der Waals surface area contributed by atoms with Crippen LogP contribution in [-0.2, 0) is 19.4 Å². The van der Waals surface area contributed by atoms with Crippen LogP contribution in [0, 0.1) is 0 Å². The summed E-state index contributed by atoms with van der Waals surface area (Å²) in [5, 5.41) is 0. The highest BCUT2D eigenvalue weighted by atomic mass is 16.5. The zero-order valence-electron chi connectivity index (χ0n) is 16.8. The molecule has 5 nitrogen and oxygen atoms in total. The summed E-state index contributed by atoms with van der Waals surface area (Å²) in [7, 11) is 9.18. The fourth-order valence-electron chi connectivity index (χ4n) is 4.82. The Balaban J connectivity index is 1.82. The molecule has 0 spiro atoms. The second-order valence-electron chi connectivity index (χ2n) is 7.68. The van der Waals surface area contributed by atoms with Crippen molar-refractivity contribution in [3.05, 3.63) is 46.5 Å². The first kappa shape index (κ1) is 18.0. The van der Waals surface area contributed by atoms with E-state index in [1.807, 2.05) is 6.07 Å². The van der Waals surface area contributed by atoms with E-state index in [0.717, 1.165) is 53.4 Å². The average molecular weight is 370 g/mol. The lowest BCUT2D eigenvalue weighted by Gasteiger charge is -2.49. The Hall–Kier alpha value is -2.40. The van der Waals surface area contributed by atoms with E-state index in [9.17, 15) is 0 Å². The number of rotatable bonds is 4. The van der Waals surface area contributed by atoms with E-state index in [0.29, 0.717) is 6.04 Å². The normalized spacial score (nSPS) is 22.9. The van der Waals surface area contributed by atoms with Crippen molar-refractivity contribution >= 4 is 0 Å². The number of fused-ring (bicyclic) bond motifs is 4. The fourth-order valence-corrected chi connectivity index (χ4v) is 4.82. The average Bonchev–Trinajstić information content (AvgIpc) is 2.70. The minimum absolute atomic E-state index is 0.402. The minimum atomic E-state index is 0.402. The molecule has 1 unspecified atom stereocenters. The maximum atomic E-state index is 5.72. The molecule has 2 heterocycles. The van der Waals surface area contributed by atoms with Gasteiger partial charge in [0.2, 0.25) is 0 Å². The van der Waals surface area contributed by atoms with Crippen molar-refractivity contribution in [2.24, 2.45) is 0 Å². The first-order valence-electron chi connectivity index (χ1n) is 9.36. The van der Waals surface area contributed by atoms with Crippen molar-refractivity contribution in [1.82, 2.24) is 0 Å². The molecular formula is C22H28NO4+. The number of benzene rings is 2. The van der Waals surface area contributed by atoms with Gasteiger partial charge in [-0.05, 0) is 29.3 Å². The van der Waals surface area contributed by atoms with E-state index < -0.39 is 0 Å². The lowest BCUT2D eigenvalue weighted by atomic mass is 9.81. The van der Waals surface area contributed by atoms with Crippen LogP contribution in [-0.4, -0.2) is 46.5 Å². The molecule has 0 radical (unpaired) electrons. The van der Waals surface area contributed by atoms with Crippen molar-refractivity contribution in [2.45, 2.75) is 25.4 Å². The van der Waals surface area contributed by atoms with Crippen LogP contribution in [0.25, 0.3) is 0 Å². The Morgan fingerprint density at radius 2 is 1.56 bits per heavy atom. The predicted octanol–water partition coefficient (Wildman–Crippen LogP) is 3.52. The number of ether oxygens (including phenoxy) is 4. The van der Waals surface area contributed by atoms with Crippen LogP contribution >= 0.6 is 0 Å². The van der Waals surface area contributed by atoms with Crippen molar-refractivity contribution in [2.75, 3.05) is 42.0 Å². The van der Waals surface area contributed by atoms with E-state index in [1.165, 1.54) is 22.3 Å². The van der Waals surface area contributed by atoms with Gasteiger partial charge in [-0.2, -0.15) is 0 Å². The van der Waals surface area contributed by atoms with E-state index in [-0.39, 0.29) is 0 Å². The second-order valence-corrected chi connectivity index (χ2v) is 7.68. The maximum absolute atomic E-state index is 5.72. The van der Waals surface area contributed by atoms with E-state index in [2.05, 4.69) is 25.2 Å². The lowest BCUT2D eigenvalue weighted by molar-refractivity contribution is -0.956. The molecule has 144 valence electrons. The number of quaternary nitrogens is 1. The molecule has 2 aromatic carbocycles. The van der Waals surface area contributed by atoms with Crippen molar-refractivity contribution in [3.63, 3.8) is 0 Å². The lowest BCUT2D eigenvalue weighted by Crippen LogP contribution is -2.53. The van der Waals surface area contributed by atoms with Crippen LogP contribution in [0.1, 0.15) is 28.3 Å². The Morgan fingerprint density at radius 1 is 0.852 bits per heavy atom. The molecule has 5 heteroatoms. The molecule has 2 aliphatic rings. The van der Waals surface area contributed by atoms with Gasteiger partial charge >= 0.3 is 0 Å². The van der Waals surface area contributed by atoms with Crippen molar-refractivity contribution in [3.8, 4) is 23.0 Å². The third-order valence-electron chi connectivity index (χ3n) is 6.33. The molecule has 0 N–H and O–H groups in total. The molecule has 0 amide bonds. The SMILES string of the molecule is COc1cc2c(cc1OC)[C@@H]1Cc3ccc(OC)c(OC)c3C[N+]1(C)CC2. The zero-order valence-corrected chi connectivity index (χ0v) is 16.8. The standard InChI is InChI=1S/C22H28NO4/c1-23-9-8-15-11-20(25-3)21(26-4)12-16(15)18(23)10-14-6-7-19(24-2)22(27-5)17(14)13-23/h6-7,11-12,18H,8-10,13H2,1-5H3/q+1/t18-,23?/m0/s1. The number of methoxy groups -OCH3 is 4. The molecule has 0 saturated carbocycles. The quantitative estimate of drug-likeness (QED) is 0.772. The molecule has 2 atom stereocenters. The molecule has 0 aromatic heterocycles. The Labute approximate surface area is 161 Å². The van der Waals surface area contributed by atoms with Gasteiger partial charge in [-0.25, -0.2) is 0 Å². The Kier molecular flexibility index (Phi) is 4.42. The van der Waals surface area contributed by atoms with Gasteiger partial charge in [0, 0.05) is 18.4 Å². The molecule has 0 saturated heterocycles. The molecule has 2 aliphatic heterocycles. The molecule has 27 heavy (non-hydrogen) atoms. The number of nitrogens with zero attached hydrogens (tertiary/aromatic N) is 1. The summed E-state index contributed by atoms with van der Waals surface area (Å²) in [4.78, 5) is 0. The maximum Gasteiger partial charge on any atom is 0.169 e. The summed E-state index contributed by atoms with van der Waals surface area (Å²) in [6.45, 7) is 2.03. The van der Waals surface area contributed by atoms with Crippen molar-refractivity contribution in [1.29, 1.82) is 0 Å². The topological polar surface area (TPSA) is 36.9 Å². The fraction of sp³-hybridized carbons (Fsp3) is 0.455. The third kappa shape index (κ3) is 2.72. The monoisotopic (exact) mass is 370 g/mol. The molecular weight excluding hydrogens is 342 g/mol. The van der Waals surface area contributed by atoms with E-state index >= 15 is 0 Å². The smallest absolute Gasteiger partial charge is 0.169 e. The number of hydrogen-bond acceptors (Lipinski definition) is 4. The molecule has 4 rings (SSSR count). The highest BCUT2D eigenvalue weighted by Crippen LogP contribution is 2.48. The molecule has 2 aromatic rings. The summed E-state index contributed by atoms with van der Waals surface area (Å²) in [5.74, 6) is 3.31. The summed E-state index contributed by atoms with van der Waals surface area (Å²) >= 11 is 0. The summed E-state index contributed by atoms with van der Waals surface area (Å²) in [6, 6.07) is 8.95. The first-order valence-corrected chi connectivity index (χ1v) is 9.36. The highest BCUT2D eigenvalue weighted by molar-refractivity contribution is 5.53. The third-order valence-corrected chi connectivity index (χ3v) is 6.33. The van der Waals surface area contributed by atoms with Crippen LogP contribution in [0.4, 0.5) is 0 Å². The van der Waals surface area contributed by atoms with Gasteiger partial charge < -0.3 is 23.4 Å². The van der Waals surface area contributed by atoms with Crippen molar-refractivity contribution < 1.29 is 23.4 Å². The van der Waals surface area contributed by atoms with Gasteiger partial charge in [-0.3, -0.25) is 0 Å². The molecule has 0 fully saturated rings. The van der Waals surface area contributed by atoms with Crippen LogP contribution < -0.4 is 18.9 Å². The first-order chi connectivity index (χ1) is 13.0. The van der Waals surface area contributed by atoms with Gasteiger partial charge in [0.05, 0.1) is 47.6 Å². The van der Waals surface area contributed by atoms with Gasteiger partial charge in [-0.1, -0.05) is 6.07 Å². The largest absolute Gasteiger partial charge is 0.493 e. The minimum Gasteiger partial charge on any atom is -0.493 e. The summed E-state index contributed by atoms with van der Waals surface area (Å²) in [6.07, 6.45) is 2.01. The van der Waals surface area contributed by atoms with Gasteiger partial charge in [0.25, 0.3) is 0 Å². The molecule has 0 aliphatic carbocycles. The van der Waals surface area contributed by atoms with E-state index in [1.54, 1.807) is 28.4 Å². The van der Waals surface area contributed by atoms with Crippen LogP contribution in [0.15, 0.2) is 24.3 Å².